The first-order valence-electron chi connectivity index (χ1n) is 8.96. The molecule has 1 amide bonds. The number of fused-ring (bicyclic) bond motifs is 1. The first-order chi connectivity index (χ1) is 12.2. The lowest BCUT2D eigenvalue weighted by Gasteiger charge is -2.44. The van der Waals surface area contributed by atoms with Crippen molar-refractivity contribution in [3.63, 3.8) is 0 Å². The maximum absolute atomic E-state index is 12.9. The van der Waals surface area contributed by atoms with Gasteiger partial charge in [0, 0.05) is 43.5 Å². The molecular formula is C17H22ClN5O2. The molecule has 2 saturated heterocycles. The van der Waals surface area contributed by atoms with Gasteiger partial charge in [-0.3, -0.25) is 14.6 Å². The zero-order chi connectivity index (χ0) is 17.4. The average Bonchev–Trinajstić information content (AvgIpc) is 3.12. The lowest BCUT2D eigenvalue weighted by atomic mass is 9.87. The van der Waals surface area contributed by atoms with Crippen LogP contribution in [0, 0.1) is 11.5 Å². The number of piperazine rings is 2. The topological polar surface area (TPSA) is 76.6 Å². The highest BCUT2D eigenvalue weighted by Crippen LogP contribution is 2.36. The van der Waals surface area contributed by atoms with Crippen LogP contribution in [0.25, 0.3) is 0 Å². The number of rotatable bonds is 2. The molecule has 25 heavy (non-hydrogen) atoms. The normalized spacial score (nSPS) is 30.9. The molecule has 4 rings (SSSR count). The monoisotopic (exact) mass is 363 g/mol. The molecule has 1 aliphatic carbocycles. The minimum Gasteiger partial charge on any atom is -0.338 e. The van der Waals surface area contributed by atoms with Crippen molar-refractivity contribution in [3.05, 3.63) is 11.8 Å². The second-order valence-electron chi connectivity index (χ2n) is 7.14. The molecule has 3 atom stereocenters. The highest BCUT2D eigenvalue weighted by atomic mass is 35.5. The van der Waals surface area contributed by atoms with E-state index in [1.54, 1.807) is 9.80 Å². The number of carbonyl (C=O) groups excluding carboxylic acids is 1. The molecule has 3 aliphatic rings. The Morgan fingerprint density at radius 2 is 2.12 bits per heavy atom. The third kappa shape index (κ3) is 3.21. The predicted molar refractivity (Wildman–Crippen MR) is 92.3 cm³/mol. The van der Waals surface area contributed by atoms with Crippen LogP contribution >= 0.6 is 11.6 Å². The van der Waals surface area contributed by atoms with E-state index in [1.165, 1.54) is 0 Å². The van der Waals surface area contributed by atoms with Crippen molar-refractivity contribution < 1.29 is 9.32 Å². The van der Waals surface area contributed by atoms with Gasteiger partial charge in [0.15, 0.2) is 6.19 Å². The van der Waals surface area contributed by atoms with Crippen LogP contribution in [0.15, 0.2) is 10.6 Å². The van der Waals surface area contributed by atoms with E-state index in [4.69, 9.17) is 21.4 Å². The van der Waals surface area contributed by atoms with E-state index in [-0.39, 0.29) is 17.3 Å². The van der Waals surface area contributed by atoms with E-state index in [2.05, 4.69) is 16.2 Å². The zero-order valence-corrected chi connectivity index (χ0v) is 14.9. The summed E-state index contributed by atoms with van der Waals surface area (Å²) in [7, 11) is 0. The van der Waals surface area contributed by atoms with Crippen molar-refractivity contribution in [2.24, 2.45) is 0 Å². The first-order valence-corrected chi connectivity index (χ1v) is 9.40. The largest absolute Gasteiger partial charge is 0.338 e. The summed E-state index contributed by atoms with van der Waals surface area (Å²) >= 11 is 6.28. The molecule has 0 spiro atoms. The fourth-order valence-corrected chi connectivity index (χ4v) is 4.52. The minimum atomic E-state index is -0.280. The van der Waals surface area contributed by atoms with Gasteiger partial charge < -0.3 is 9.42 Å². The van der Waals surface area contributed by atoms with Crippen LogP contribution in [-0.2, 0) is 4.79 Å². The lowest BCUT2D eigenvalue weighted by molar-refractivity contribution is -0.128. The number of carbonyl (C=O) groups is 1. The molecule has 0 N–H and O–H groups in total. The number of amides is 1. The number of hydrogen-bond acceptors (Lipinski definition) is 6. The van der Waals surface area contributed by atoms with E-state index >= 15 is 0 Å². The maximum Gasteiger partial charge on any atom is 0.248 e. The molecule has 0 radical (unpaired) electrons. The number of nitrogens with zero attached hydrogens (tertiary/aromatic N) is 5. The Morgan fingerprint density at radius 3 is 2.92 bits per heavy atom. The summed E-state index contributed by atoms with van der Waals surface area (Å²) in [4.78, 5) is 18.4. The van der Waals surface area contributed by atoms with Gasteiger partial charge in [-0.1, -0.05) is 11.6 Å². The molecule has 3 heterocycles. The summed E-state index contributed by atoms with van der Waals surface area (Å²) in [6.07, 6.45) is 6.29. The number of hydrogen-bond donors (Lipinski definition) is 0. The van der Waals surface area contributed by atoms with Gasteiger partial charge in [-0.05, 0) is 19.3 Å². The molecule has 0 aromatic carbocycles. The Kier molecular flexibility index (Phi) is 4.57. The van der Waals surface area contributed by atoms with Crippen molar-refractivity contribution >= 4 is 23.4 Å². The Bertz CT molecular complexity index is 687. The summed E-state index contributed by atoms with van der Waals surface area (Å²) in [6.45, 7) is 3.27. The molecule has 8 heteroatoms. The number of nitriles is 1. The highest BCUT2D eigenvalue weighted by molar-refractivity contribution is 6.20. The standard InChI is InChI=1S/C17H22ClN5O2/c18-13-3-1-2-12(8-13)14-9-16(25-20-14)23-7-6-22-5-4-21(11-19)10-15(22)17(23)24/h9,12-13,15H,1-8,10H2/t12?,13?,15-/m0/s1. The van der Waals surface area contributed by atoms with E-state index in [0.29, 0.717) is 31.4 Å². The van der Waals surface area contributed by atoms with Crippen molar-refractivity contribution in [2.45, 2.75) is 43.0 Å². The molecule has 2 unspecified atom stereocenters. The van der Waals surface area contributed by atoms with Crippen LogP contribution < -0.4 is 4.90 Å². The third-order valence-electron chi connectivity index (χ3n) is 5.61. The second-order valence-corrected chi connectivity index (χ2v) is 7.76. The van der Waals surface area contributed by atoms with E-state index in [1.807, 2.05) is 6.07 Å². The van der Waals surface area contributed by atoms with Gasteiger partial charge in [-0.15, -0.1) is 11.6 Å². The Hall–Kier alpha value is -1.78. The molecule has 134 valence electrons. The summed E-state index contributed by atoms with van der Waals surface area (Å²) in [6, 6.07) is 1.62. The van der Waals surface area contributed by atoms with Gasteiger partial charge in [0.25, 0.3) is 0 Å². The molecule has 7 nitrogen and oxygen atoms in total. The summed E-state index contributed by atoms with van der Waals surface area (Å²) in [5.74, 6) is 0.826. The van der Waals surface area contributed by atoms with Gasteiger partial charge in [0.2, 0.25) is 11.8 Å². The van der Waals surface area contributed by atoms with Gasteiger partial charge in [-0.25, -0.2) is 0 Å². The predicted octanol–water partition coefficient (Wildman–Crippen LogP) is 1.75. The molecule has 2 aliphatic heterocycles. The average molecular weight is 364 g/mol. The summed E-state index contributed by atoms with van der Waals surface area (Å²) in [5, 5.41) is 13.5. The molecule has 1 saturated carbocycles. The van der Waals surface area contributed by atoms with E-state index in [9.17, 15) is 4.79 Å². The van der Waals surface area contributed by atoms with Crippen molar-refractivity contribution in [2.75, 3.05) is 37.6 Å². The smallest absolute Gasteiger partial charge is 0.248 e. The SMILES string of the molecule is N#CN1CCN2CCN(c3cc(C4CCCC(Cl)C4)no3)C(=O)[C@@H]2C1. The van der Waals surface area contributed by atoms with Crippen molar-refractivity contribution in [1.29, 1.82) is 5.26 Å². The van der Waals surface area contributed by atoms with Crippen LogP contribution in [0.2, 0.25) is 0 Å². The Balaban J connectivity index is 1.49. The first kappa shape index (κ1) is 16.7. The minimum absolute atomic E-state index is 0.00670. The third-order valence-corrected chi connectivity index (χ3v) is 6.00. The lowest BCUT2D eigenvalue weighted by Crippen LogP contribution is -2.64. The van der Waals surface area contributed by atoms with Crippen LogP contribution in [0.1, 0.15) is 37.3 Å². The van der Waals surface area contributed by atoms with Gasteiger partial charge in [0.1, 0.15) is 6.04 Å². The molecule has 1 aromatic rings. The fraction of sp³-hybridized carbons (Fsp3) is 0.706. The number of alkyl halides is 1. The number of anilines is 1. The second kappa shape index (κ2) is 6.85. The van der Waals surface area contributed by atoms with Gasteiger partial charge in [0.05, 0.1) is 12.2 Å². The van der Waals surface area contributed by atoms with Crippen molar-refractivity contribution in [3.8, 4) is 6.19 Å². The molecule has 1 aromatic heterocycles. The molecule has 0 bridgehead atoms. The van der Waals surface area contributed by atoms with Gasteiger partial charge in [-0.2, -0.15) is 5.26 Å². The zero-order valence-electron chi connectivity index (χ0n) is 14.1. The molecule has 3 fully saturated rings. The number of halogens is 1. The summed E-state index contributed by atoms with van der Waals surface area (Å²) < 4.78 is 5.51. The van der Waals surface area contributed by atoms with E-state index in [0.717, 1.165) is 44.5 Å². The maximum atomic E-state index is 12.9. The quantitative estimate of drug-likeness (QED) is 0.588. The van der Waals surface area contributed by atoms with Gasteiger partial charge >= 0.3 is 0 Å². The summed E-state index contributed by atoms with van der Waals surface area (Å²) in [5.41, 5.74) is 0.901. The van der Waals surface area contributed by atoms with Crippen LogP contribution in [-0.4, -0.2) is 65.0 Å². The number of aromatic nitrogens is 1. The molecular weight excluding hydrogens is 342 g/mol. The van der Waals surface area contributed by atoms with Crippen molar-refractivity contribution in [1.82, 2.24) is 15.0 Å². The van der Waals surface area contributed by atoms with Crippen LogP contribution in [0.3, 0.4) is 0 Å². The fourth-order valence-electron chi connectivity index (χ4n) is 4.15. The Labute approximate surface area is 152 Å². The van der Waals surface area contributed by atoms with Crippen LogP contribution in [0.4, 0.5) is 5.88 Å². The van der Waals surface area contributed by atoms with E-state index < -0.39 is 0 Å². The Morgan fingerprint density at radius 1 is 1.28 bits per heavy atom. The van der Waals surface area contributed by atoms with Crippen LogP contribution in [0.5, 0.6) is 0 Å². The highest BCUT2D eigenvalue weighted by Gasteiger charge is 2.40.